The van der Waals surface area contributed by atoms with Gasteiger partial charge in [0.25, 0.3) is 0 Å². The number of hydrogen-bond donors (Lipinski definition) is 1. The molecule has 0 saturated heterocycles. The van der Waals surface area contributed by atoms with Gasteiger partial charge in [-0.05, 0) is 6.42 Å². The van der Waals surface area contributed by atoms with E-state index in [4.69, 9.17) is 5.73 Å². The largest absolute Gasteiger partial charge is 0.470 e. The van der Waals surface area contributed by atoms with Gasteiger partial charge >= 0.3 is 12.1 Å². The van der Waals surface area contributed by atoms with Gasteiger partial charge in [0.2, 0.25) is 5.89 Å². The first-order valence-electron chi connectivity index (χ1n) is 3.61. The molecule has 0 radical (unpaired) electrons. The van der Waals surface area contributed by atoms with Crippen LogP contribution >= 0.6 is 0 Å². The molecule has 1 heterocycles. The van der Waals surface area contributed by atoms with Crippen LogP contribution in [0.5, 0.6) is 0 Å². The minimum absolute atomic E-state index is 0.185. The van der Waals surface area contributed by atoms with Crippen molar-refractivity contribution < 1.29 is 17.6 Å². The first-order chi connectivity index (χ1) is 5.95. The summed E-state index contributed by atoms with van der Waals surface area (Å²) in [6, 6.07) is -0.636. The summed E-state index contributed by atoms with van der Waals surface area (Å²) in [6.07, 6.45) is -4.15. The average molecular weight is 195 g/mol. The maximum atomic E-state index is 11.9. The highest BCUT2D eigenvalue weighted by Gasteiger charge is 2.38. The third-order valence-corrected chi connectivity index (χ3v) is 1.44. The van der Waals surface area contributed by atoms with Gasteiger partial charge in [-0.15, -0.1) is 10.2 Å². The van der Waals surface area contributed by atoms with Crippen LogP contribution in [0.15, 0.2) is 4.42 Å². The van der Waals surface area contributed by atoms with Gasteiger partial charge in [-0.25, -0.2) is 0 Å². The summed E-state index contributed by atoms with van der Waals surface area (Å²) in [7, 11) is 0. The summed E-state index contributed by atoms with van der Waals surface area (Å²) in [5, 5.41) is 6.03. The van der Waals surface area contributed by atoms with Gasteiger partial charge in [-0.2, -0.15) is 13.2 Å². The lowest BCUT2D eigenvalue weighted by Crippen LogP contribution is -2.09. The van der Waals surface area contributed by atoms with Crippen LogP contribution in [0.1, 0.15) is 31.2 Å². The van der Waals surface area contributed by atoms with Crippen molar-refractivity contribution in [3.63, 3.8) is 0 Å². The van der Waals surface area contributed by atoms with Crippen molar-refractivity contribution in [1.29, 1.82) is 0 Å². The van der Waals surface area contributed by atoms with Gasteiger partial charge in [0.15, 0.2) is 0 Å². The summed E-state index contributed by atoms with van der Waals surface area (Å²) in [6.45, 7) is 1.71. The number of alkyl halides is 3. The van der Waals surface area contributed by atoms with Crippen molar-refractivity contribution in [3.8, 4) is 0 Å². The van der Waals surface area contributed by atoms with E-state index in [1.807, 2.05) is 0 Å². The summed E-state index contributed by atoms with van der Waals surface area (Å²) < 4.78 is 40.1. The summed E-state index contributed by atoms with van der Waals surface area (Å²) in [5.41, 5.74) is 5.39. The summed E-state index contributed by atoms with van der Waals surface area (Å²) in [5.74, 6) is -1.54. The van der Waals surface area contributed by atoms with E-state index in [1.54, 1.807) is 6.92 Å². The van der Waals surface area contributed by atoms with Gasteiger partial charge in [0.05, 0.1) is 6.04 Å². The zero-order chi connectivity index (χ0) is 10.1. The van der Waals surface area contributed by atoms with Gasteiger partial charge in [-0.1, -0.05) is 6.92 Å². The second-order valence-corrected chi connectivity index (χ2v) is 2.46. The molecule has 0 aromatic carbocycles. The minimum Gasteiger partial charge on any atom is -0.416 e. The molecule has 0 fully saturated rings. The molecule has 1 atom stereocenters. The molecule has 0 saturated carbocycles. The average Bonchev–Trinajstić information content (AvgIpc) is 2.50. The summed E-state index contributed by atoms with van der Waals surface area (Å²) >= 11 is 0. The molecule has 2 N–H and O–H groups in total. The lowest BCUT2D eigenvalue weighted by molar-refractivity contribution is -0.157. The highest BCUT2D eigenvalue weighted by atomic mass is 19.4. The van der Waals surface area contributed by atoms with Crippen LogP contribution in [-0.2, 0) is 6.18 Å². The second-order valence-electron chi connectivity index (χ2n) is 2.46. The Hall–Kier alpha value is -1.11. The Morgan fingerprint density at radius 1 is 1.46 bits per heavy atom. The van der Waals surface area contributed by atoms with Crippen LogP contribution < -0.4 is 5.73 Å². The first kappa shape index (κ1) is 9.97. The number of nitrogens with zero attached hydrogens (tertiary/aromatic N) is 2. The Morgan fingerprint density at radius 3 is 2.46 bits per heavy atom. The Bertz CT molecular complexity index is 283. The van der Waals surface area contributed by atoms with Crippen molar-refractivity contribution in [2.24, 2.45) is 5.73 Å². The van der Waals surface area contributed by atoms with Crippen LogP contribution in [-0.4, -0.2) is 10.2 Å². The maximum Gasteiger partial charge on any atom is 0.470 e. The van der Waals surface area contributed by atoms with E-state index >= 15 is 0 Å². The van der Waals surface area contributed by atoms with Crippen LogP contribution in [0.25, 0.3) is 0 Å². The molecule has 4 nitrogen and oxygen atoms in total. The standard InChI is InChI=1S/C6H8F3N3O/c1-2-3(10)4-11-12-5(13-4)6(7,8)9/h3H,2,10H2,1H3. The molecule has 13 heavy (non-hydrogen) atoms. The topological polar surface area (TPSA) is 64.9 Å². The van der Waals surface area contributed by atoms with Gasteiger partial charge in [0.1, 0.15) is 0 Å². The van der Waals surface area contributed by atoms with Crippen molar-refractivity contribution >= 4 is 0 Å². The molecular formula is C6H8F3N3O. The number of hydrogen-bond acceptors (Lipinski definition) is 4. The molecule has 1 aromatic heterocycles. The molecule has 0 bridgehead atoms. The van der Waals surface area contributed by atoms with E-state index in [0.29, 0.717) is 6.42 Å². The quantitative estimate of drug-likeness (QED) is 0.776. The molecule has 1 aromatic rings. The third-order valence-electron chi connectivity index (χ3n) is 1.44. The van der Waals surface area contributed by atoms with Gasteiger partial charge < -0.3 is 10.2 Å². The van der Waals surface area contributed by atoms with Crippen molar-refractivity contribution in [2.45, 2.75) is 25.6 Å². The molecule has 0 aliphatic heterocycles. The van der Waals surface area contributed by atoms with Gasteiger partial charge in [-0.3, -0.25) is 0 Å². The van der Waals surface area contributed by atoms with Crippen molar-refractivity contribution in [1.82, 2.24) is 10.2 Å². The predicted molar refractivity (Wildman–Crippen MR) is 36.5 cm³/mol. The lowest BCUT2D eigenvalue weighted by atomic mass is 10.2. The highest BCUT2D eigenvalue weighted by molar-refractivity contribution is 4.90. The number of rotatable bonds is 2. The lowest BCUT2D eigenvalue weighted by Gasteiger charge is -2.01. The molecule has 0 amide bonds. The van der Waals surface area contributed by atoms with E-state index in [2.05, 4.69) is 14.6 Å². The molecule has 1 rings (SSSR count). The first-order valence-corrected chi connectivity index (χ1v) is 3.61. The van der Waals surface area contributed by atoms with Crippen molar-refractivity contribution in [3.05, 3.63) is 11.8 Å². The summed E-state index contributed by atoms with van der Waals surface area (Å²) in [4.78, 5) is 0. The zero-order valence-electron chi connectivity index (χ0n) is 6.80. The molecule has 74 valence electrons. The Morgan fingerprint density at radius 2 is 2.08 bits per heavy atom. The van der Waals surface area contributed by atoms with E-state index in [-0.39, 0.29) is 5.89 Å². The number of aromatic nitrogens is 2. The van der Waals surface area contributed by atoms with E-state index < -0.39 is 18.1 Å². The monoisotopic (exact) mass is 195 g/mol. The molecule has 1 unspecified atom stereocenters. The molecular weight excluding hydrogens is 187 g/mol. The molecule has 0 aliphatic carbocycles. The fourth-order valence-electron chi connectivity index (χ4n) is 0.674. The number of nitrogens with two attached hydrogens (primary N) is 1. The van der Waals surface area contributed by atoms with E-state index in [0.717, 1.165) is 0 Å². The van der Waals surface area contributed by atoms with Crippen LogP contribution in [0.4, 0.5) is 13.2 Å². The Balaban J connectivity index is 2.87. The van der Waals surface area contributed by atoms with Crippen LogP contribution in [0.3, 0.4) is 0 Å². The third kappa shape index (κ3) is 2.18. The van der Waals surface area contributed by atoms with Crippen molar-refractivity contribution in [2.75, 3.05) is 0 Å². The highest BCUT2D eigenvalue weighted by Crippen LogP contribution is 2.28. The molecule has 0 spiro atoms. The normalized spacial score (nSPS) is 14.5. The van der Waals surface area contributed by atoms with Gasteiger partial charge in [0, 0.05) is 0 Å². The minimum atomic E-state index is -4.60. The van der Waals surface area contributed by atoms with E-state index in [9.17, 15) is 13.2 Å². The maximum absolute atomic E-state index is 11.9. The Kier molecular flexibility index (Phi) is 2.55. The second kappa shape index (κ2) is 3.33. The van der Waals surface area contributed by atoms with Crippen LogP contribution in [0.2, 0.25) is 0 Å². The molecule has 0 aliphatic rings. The smallest absolute Gasteiger partial charge is 0.416 e. The Labute approximate surface area is 71.9 Å². The van der Waals surface area contributed by atoms with Crippen LogP contribution in [0, 0.1) is 0 Å². The fraction of sp³-hybridized carbons (Fsp3) is 0.667. The predicted octanol–water partition coefficient (Wildman–Crippen LogP) is 1.50. The fourth-order valence-corrected chi connectivity index (χ4v) is 0.674. The van der Waals surface area contributed by atoms with E-state index in [1.165, 1.54) is 0 Å². The number of halogens is 3. The molecule has 7 heteroatoms. The SMILES string of the molecule is CCC(N)c1nnc(C(F)(F)F)o1. The zero-order valence-corrected chi connectivity index (χ0v) is 6.80.